The fourth-order valence-corrected chi connectivity index (χ4v) is 6.37. The summed E-state index contributed by atoms with van der Waals surface area (Å²) >= 11 is 0. The van der Waals surface area contributed by atoms with Crippen molar-refractivity contribution < 1.29 is 58.3 Å². The molecule has 47 heavy (non-hydrogen) atoms. The molecule has 1 aliphatic rings. The van der Waals surface area contributed by atoms with Crippen molar-refractivity contribution in [1.29, 1.82) is 0 Å². The molecule has 13 heteroatoms. The lowest BCUT2D eigenvalue weighted by Gasteiger charge is -2.41. The van der Waals surface area contributed by atoms with E-state index >= 15 is 0 Å². The third kappa shape index (κ3) is 20.4. The minimum absolute atomic E-state index is 0.0766. The van der Waals surface area contributed by atoms with E-state index in [1.165, 1.54) is 51.4 Å². The van der Waals surface area contributed by atoms with E-state index in [9.17, 15) is 39.8 Å². The Morgan fingerprint density at radius 2 is 1.15 bits per heavy atom. The smallest absolute Gasteiger partial charge is 0.457 e. The lowest BCUT2D eigenvalue weighted by Crippen LogP contribution is -2.64. The van der Waals surface area contributed by atoms with Gasteiger partial charge in [-0.3, -0.25) is 13.8 Å². The van der Waals surface area contributed by atoms with Gasteiger partial charge in [0.2, 0.25) is 0 Å². The lowest BCUT2D eigenvalue weighted by atomic mass is 9.85. The van der Waals surface area contributed by atoms with E-state index in [2.05, 4.69) is 26.0 Å². The molecule has 0 saturated heterocycles. The number of allylic oxidation sites excluding steroid dienone is 2. The van der Waals surface area contributed by atoms with Crippen LogP contribution in [0.3, 0.4) is 0 Å². The summed E-state index contributed by atoms with van der Waals surface area (Å²) in [5, 5.41) is 49.8. The molecule has 0 radical (unpaired) electrons. The average molecular weight is 697 g/mol. The summed E-state index contributed by atoms with van der Waals surface area (Å²) in [4.78, 5) is 22.9. The topological polar surface area (TPSA) is 192 Å². The van der Waals surface area contributed by atoms with E-state index in [1.807, 2.05) is 0 Å². The summed E-state index contributed by atoms with van der Waals surface area (Å²) in [6, 6.07) is 0. The van der Waals surface area contributed by atoms with E-state index in [0.717, 1.165) is 57.8 Å². The molecular weight excluding hydrogens is 631 g/mol. The Labute approximate surface area is 282 Å². The molecule has 6 atom stereocenters. The zero-order valence-corrected chi connectivity index (χ0v) is 29.7. The van der Waals surface area contributed by atoms with Crippen molar-refractivity contribution in [3.8, 4) is 0 Å². The van der Waals surface area contributed by atoms with Crippen LogP contribution in [0.15, 0.2) is 12.2 Å². The largest absolute Gasteiger partial charge is 0.472 e. The van der Waals surface area contributed by atoms with Gasteiger partial charge in [-0.25, -0.2) is 4.57 Å². The van der Waals surface area contributed by atoms with Gasteiger partial charge < -0.3 is 39.9 Å². The molecule has 6 unspecified atom stereocenters. The van der Waals surface area contributed by atoms with Gasteiger partial charge in [0.05, 0.1) is 13.2 Å². The zero-order valence-electron chi connectivity index (χ0n) is 28.8. The van der Waals surface area contributed by atoms with Gasteiger partial charge in [0.25, 0.3) is 0 Å². The molecule has 1 rings (SSSR count). The highest BCUT2D eigenvalue weighted by Crippen LogP contribution is 2.47. The molecule has 0 aromatic carbocycles. The number of carbonyl (C=O) groups is 1. The van der Waals surface area contributed by atoms with Gasteiger partial charge in [-0.15, -0.1) is 0 Å². The molecule has 0 heterocycles. The van der Waals surface area contributed by atoms with Crippen molar-refractivity contribution >= 4 is 13.8 Å². The molecule has 0 aromatic rings. The average Bonchev–Trinajstić information content (AvgIpc) is 3.05. The van der Waals surface area contributed by atoms with Crippen molar-refractivity contribution in [1.82, 2.24) is 0 Å². The quantitative estimate of drug-likeness (QED) is 0.0258. The fourth-order valence-electron chi connectivity index (χ4n) is 5.39. The van der Waals surface area contributed by atoms with Crippen LogP contribution >= 0.6 is 7.82 Å². The minimum Gasteiger partial charge on any atom is -0.457 e. The van der Waals surface area contributed by atoms with Crippen LogP contribution in [-0.2, 0) is 27.9 Å². The number of unbranched alkanes of at least 4 members (excludes halogenated alkanes) is 15. The van der Waals surface area contributed by atoms with Crippen molar-refractivity contribution in [3.05, 3.63) is 12.2 Å². The Morgan fingerprint density at radius 3 is 1.74 bits per heavy atom. The molecule has 12 nitrogen and oxygen atoms in total. The second-order valence-electron chi connectivity index (χ2n) is 12.7. The Morgan fingerprint density at radius 1 is 0.660 bits per heavy atom. The van der Waals surface area contributed by atoms with Gasteiger partial charge in [-0.2, -0.15) is 0 Å². The number of ether oxygens (including phenoxy) is 2. The molecule has 1 saturated carbocycles. The van der Waals surface area contributed by atoms with Gasteiger partial charge in [0.15, 0.2) is 0 Å². The maximum atomic E-state index is 12.7. The number of aliphatic hydroxyl groups is 5. The van der Waals surface area contributed by atoms with Crippen LogP contribution in [0.4, 0.5) is 0 Å². The lowest BCUT2D eigenvalue weighted by molar-refractivity contribution is -0.220. The predicted octanol–water partition coefficient (Wildman–Crippen LogP) is 5.24. The van der Waals surface area contributed by atoms with E-state index in [4.69, 9.17) is 18.5 Å². The zero-order chi connectivity index (χ0) is 34.9. The standard InChI is InChI=1S/C34H65O12P/c1-3-5-7-9-11-13-14-15-17-19-21-23-28(35)45-27(25-43-24-22-20-18-16-12-10-8-6-4-2)26-44-47(41,42)46-34-32(39)30(37)29(36)31(38)33(34)40/h9,11,27,29-34,36-40H,3-8,10,12-26H2,1-2H3,(H,41,42)/b11-9-. The number of esters is 1. The van der Waals surface area contributed by atoms with Crippen LogP contribution in [0.1, 0.15) is 136 Å². The van der Waals surface area contributed by atoms with Crippen LogP contribution in [-0.4, -0.2) is 98.9 Å². The van der Waals surface area contributed by atoms with Crippen molar-refractivity contribution in [2.24, 2.45) is 0 Å². The third-order valence-electron chi connectivity index (χ3n) is 8.39. The highest BCUT2D eigenvalue weighted by atomic mass is 31.2. The number of rotatable bonds is 29. The number of hydrogen-bond acceptors (Lipinski definition) is 11. The summed E-state index contributed by atoms with van der Waals surface area (Å²) in [7, 11) is -5.00. The summed E-state index contributed by atoms with van der Waals surface area (Å²) in [5.74, 6) is -0.490. The number of carbonyl (C=O) groups excluding carboxylic acids is 1. The van der Waals surface area contributed by atoms with Crippen LogP contribution in [0, 0.1) is 0 Å². The number of hydrogen-bond donors (Lipinski definition) is 6. The normalized spacial score (nSPS) is 25.2. The highest BCUT2D eigenvalue weighted by molar-refractivity contribution is 7.47. The van der Waals surface area contributed by atoms with Crippen molar-refractivity contribution in [2.75, 3.05) is 19.8 Å². The molecule has 1 aliphatic carbocycles. The van der Waals surface area contributed by atoms with E-state index in [-0.39, 0.29) is 13.0 Å². The van der Waals surface area contributed by atoms with Gasteiger partial charge in [-0.05, 0) is 32.1 Å². The van der Waals surface area contributed by atoms with Gasteiger partial charge >= 0.3 is 13.8 Å². The van der Waals surface area contributed by atoms with Crippen molar-refractivity contribution in [2.45, 2.75) is 179 Å². The molecule has 0 amide bonds. The molecule has 0 spiro atoms. The second-order valence-corrected chi connectivity index (χ2v) is 14.1. The van der Waals surface area contributed by atoms with Crippen molar-refractivity contribution in [3.63, 3.8) is 0 Å². The van der Waals surface area contributed by atoms with Gasteiger partial charge in [-0.1, -0.05) is 109 Å². The third-order valence-corrected chi connectivity index (χ3v) is 9.37. The monoisotopic (exact) mass is 696 g/mol. The van der Waals surface area contributed by atoms with Gasteiger partial charge in [0, 0.05) is 13.0 Å². The molecule has 6 N–H and O–H groups in total. The Hall–Kier alpha value is -0.920. The molecular formula is C34H65O12P. The first-order valence-corrected chi connectivity index (χ1v) is 19.5. The first-order valence-electron chi connectivity index (χ1n) is 18.0. The first-order chi connectivity index (χ1) is 22.5. The summed E-state index contributed by atoms with van der Waals surface area (Å²) in [6.45, 7) is 4.15. The molecule has 1 fully saturated rings. The van der Waals surface area contributed by atoms with E-state index in [0.29, 0.717) is 13.0 Å². The molecule has 0 bridgehead atoms. The summed E-state index contributed by atoms with van der Waals surface area (Å²) < 4.78 is 33.8. The van der Waals surface area contributed by atoms with E-state index in [1.54, 1.807) is 0 Å². The van der Waals surface area contributed by atoms with Crippen LogP contribution in [0.2, 0.25) is 0 Å². The van der Waals surface area contributed by atoms with E-state index < -0.39 is 63.1 Å². The Bertz CT molecular complexity index is 843. The molecule has 0 aromatic heterocycles. The maximum absolute atomic E-state index is 12.7. The summed E-state index contributed by atoms with van der Waals surface area (Å²) in [5.41, 5.74) is 0. The molecule has 278 valence electrons. The molecule has 0 aliphatic heterocycles. The Kier molecular flexibility index (Phi) is 25.2. The highest BCUT2D eigenvalue weighted by Gasteiger charge is 2.51. The number of phosphoric acid groups is 1. The summed E-state index contributed by atoms with van der Waals surface area (Å²) in [6.07, 6.45) is 11.7. The first kappa shape index (κ1) is 44.1. The predicted molar refractivity (Wildman–Crippen MR) is 180 cm³/mol. The van der Waals surface area contributed by atoms with Gasteiger partial charge in [0.1, 0.15) is 42.7 Å². The second kappa shape index (κ2) is 26.9. The van der Waals surface area contributed by atoms with Crippen LogP contribution in [0.5, 0.6) is 0 Å². The SMILES string of the molecule is CCCC/C=C\CCCCCCCC(=O)OC(COCCCCCCCCCCC)COP(=O)(O)OC1C(O)C(O)C(O)C(O)C1O. The minimum atomic E-state index is -5.00. The maximum Gasteiger partial charge on any atom is 0.472 e. The fraction of sp³-hybridized carbons (Fsp3) is 0.912. The van der Waals surface area contributed by atoms with Crippen LogP contribution < -0.4 is 0 Å². The number of aliphatic hydroxyl groups excluding tert-OH is 5. The Balaban J connectivity index is 2.52. The van der Waals surface area contributed by atoms with Crippen LogP contribution in [0.25, 0.3) is 0 Å². The number of phosphoric ester groups is 1.